The maximum Gasteiger partial charge on any atom is 0.254 e. The van der Waals surface area contributed by atoms with Crippen molar-refractivity contribution in [3.05, 3.63) is 52.3 Å². The lowest BCUT2D eigenvalue weighted by atomic mass is 10.2. The van der Waals surface area contributed by atoms with Gasteiger partial charge in [-0.25, -0.2) is 0 Å². The normalized spacial score (nSPS) is 10.6. The fourth-order valence-electron chi connectivity index (χ4n) is 1.84. The zero-order chi connectivity index (χ0) is 12.3. The third kappa shape index (κ3) is 2.58. The Morgan fingerprint density at radius 2 is 2.24 bits per heavy atom. The maximum absolute atomic E-state index is 11.8. The molecule has 0 aliphatic rings. The number of rotatable bonds is 4. The van der Waals surface area contributed by atoms with E-state index < -0.39 is 0 Å². The summed E-state index contributed by atoms with van der Waals surface area (Å²) in [5.74, 6) is 0.754. The molecule has 0 aromatic carbocycles. The molecule has 1 N–H and O–H groups in total. The zero-order valence-corrected chi connectivity index (χ0v) is 9.72. The summed E-state index contributed by atoms with van der Waals surface area (Å²) in [6.45, 7) is 2.44. The van der Waals surface area contributed by atoms with Gasteiger partial charge in [-0.05, 0) is 24.6 Å². The third-order valence-electron chi connectivity index (χ3n) is 2.60. The van der Waals surface area contributed by atoms with Gasteiger partial charge in [0.2, 0.25) is 0 Å². The molecule has 2 rings (SSSR count). The summed E-state index contributed by atoms with van der Waals surface area (Å²) in [6, 6.07) is 6.48. The Morgan fingerprint density at radius 3 is 2.88 bits per heavy atom. The first-order valence-corrected chi connectivity index (χ1v) is 5.66. The second-order valence-corrected chi connectivity index (χ2v) is 3.96. The highest BCUT2D eigenvalue weighted by molar-refractivity contribution is 5.23. The van der Waals surface area contributed by atoms with E-state index in [0.29, 0.717) is 6.54 Å². The minimum Gasteiger partial charge on any atom is -0.508 e. The molecule has 2 aromatic heterocycles. The number of aromatic hydroxyl groups is 1. The molecule has 2 heterocycles. The van der Waals surface area contributed by atoms with Crippen LogP contribution in [0.15, 0.2) is 39.7 Å². The molecule has 0 aliphatic heterocycles. The first-order chi connectivity index (χ1) is 8.20. The lowest BCUT2D eigenvalue weighted by Crippen LogP contribution is -2.23. The van der Waals surface area contributed by atoms with Crippen molar-refractivity contribution in [2.24, 2.45) is 0 Å². The van der Waals surface area contributed by atoms with Gasteiger partial charge in [0, 0.05) is 11.8 Å². The predicted molar refractivity (Wildman–Crippen MR) is 64.2 cm³/mol. The molecular weight excluding hydrogens is 218 g/mol. The van der Waals surface area contributed by atoms with Gasteiger partial charge in [-0.1, -0.05) is 13.3 Å². The molecule has 0 atom stereocenters. The lowest BCUT2D eigenvalue weighted by Gasteiger charge is -2.11. The first-order valence-electron chi connectivity index (χ1n) is 5.66. The van der Waals surface area contributed by atoms with Gasteiger partial charge in [-0.15, -0.1) is 0 Å². The predicted octanol–water partition coefficient (Wildman–Crippen LogP) is 2.15. The molecule has 4 nitrogen and oxygen atoms in total. The Balaban J connectivity index is 2.40. The van der Waals surface area contributed by atoms with Crippen LogP contribution in [0.2, 0.25) is 0 Å². The second kappa shape index (κ2) is 4.91. The van der Waals surface area contributed by atoms with Crippen molar-refractivity contribution in [1.82, 2.24) is 4.57 Å². The Morgan fingerprint density at radius 1 is 1.41 bits per heavy atom. The summed E-state index contributed by atoms with van der Waals surface area (Å²) >= 11 is 0. The molecule has 2 aromatic rings. The highest BCUT2D eigenvalue weighted by Gasteiger charge is 2.07. The first kappa shape index (κ1) is 11.5. The molecular formula is C13H15NO3. The number of furan rings is 1. The van der Waals surface area contributed by atoms with Crippen molar-refractivity contribution < 1.29 is 9.52 Å². The van der Waals surface area contributed by atoms with E-state index in [0.717, 1.165) is 24.3 Å². The van der Waals surface area contributed by atoms with Gasteiger partial charge in [0.25, 0.3) is 5.56 Å². The number of hydrogen-bond donors (Lipinski definition) is 1. The summed E-state index contributed by atoms with van der Waals surface area (Å²) in [5, 5.41) is 9.43. The minimum absolute atomic E-state index is 0.0224. The fourth-order valence-corrected chi connectivity index (χ4v) is 1.84. The molecule has 0 saturated carbocycles. The van der Waals surface area contributed by atoms with Crippen LogP contribution in [-0.2, 0) is 13.0 Å². The van der Waals surface area contributed by atoms with E-state index in [1.54, 1.807) is 23.0 Å². The van der Waals surface area contributed by atoms with E-state index in [4.69, 9.17) is 4.42 Å². The van der Waals surface area contributed by atoms with Crippen molar-refractivity contribution in [2.75, 3.05) is 0 Å². The number of aryl methyl sites for hydroxylation is 1. The van der Waals surface area contributed by atoms with E-state index >= 15 is 0 Å². The average molecular weight is 233 g/mol. The van der Waals surface area contributed by atoms with Crippen LogP contribution in [0.1, 0.15) is 24.8 Å². The van der Waals surface area contributed by atoms with Crippen molar-refractivity contribution in [3.8, 4) is 5.75 Å². The zero-order valence-electron chi connectivity index (χ0n) is 9.72. The van der Waals surface area contributed by atoms with Crippen LogP contribution in [0.4, 0.5) is 0 Å². The highest BCUT2D eigenvalue weighted by atomic mass is 16.3. The van der Waals surface area contributed by atoms with Crippen LogP contribution in [0.3, 0.4) is 0 Å². The van der Waals surface area contributed by atoms with Crippen LogP contribution in [0.5, 0.6) is 5.75 Å². The quantitative estimate of drug-likeness (QED) is 0.880. The van der Waals surface area contributed by atoms with Crippen LogP contribution >= 0.6 is 0 Å². The summed E-state index contributed by atoms with van der Waals surface area (Å²) in [7, 11) is 0. The van der Waals surface area contributed by atoms with Crippen LogP contribution in [0.25, 0.3) is 0 Å². The molecule has 90 valence electrons. The van der Waals surface area contributed by atoms with Crippen LogP contribution < -0.4 is 5.56 Å². The van der Waals surface area contributed by atoms with E-state index in [9.17, 15) is 9.90 Å². The van der Waals surface area contributed by atoms with Crippen molar-refractivity contribution in [2.45, 2.75) is 26.3 Å². The topological polar surface area (TPSA) is 55.4 Å². The van der Waals surface area contributed by atoms with Crippen molar-refractivity contribution in [3.63, 3.8) is 0 Å². The van der Waals surface area contributed by atoms with Gasteiger partial charge in [-0.3, -0.25) is 4.79 Å². The van der Waals surface area contributed by atoms with Gasteiger partial charge in [0.15, 0.2) is 0 Å². The molecule has 0 fully saturated rings. The second-order valence-electron chi connectivity index (χ2n) is 3.96. The smallest absolute Gasteiger partial charge is 0.254 e. The summed E-state index contributed by atoms with van der Waals surface area (Å²) in [6.07, 6.45) is 3.26. The van der Waals surface area contributed by atoms with Crippen molar-refractivity contribution >= 4 is 0 Å². The minimum atomic E-state index is -0.204. The van der Waals surface area contributed by atoms with Crippen molar-refractivity contribution in [1.29, 1.82) is 0 Å². The number of nitrogens with zero attached hydrogens (tertiary/aromatic N) is 1. The Bertz CT molecular complexity index is 540. The molecule has 0 amide bonds. The molecule has 0 spiro atoms. The van der Waals surface area contributed by atoms with E-state index in [2.05, 4.69) is 0 Å². The number of aromatic nitrogens is 1. The Kier molecular flexibility index (Phi) is 3.32. The van der Waals surface area contributed by atoms with Gasteiger partial charge in [0.1, 0.15) is 11.5 Å². The van der Waals surface area contributed by atoms with Gasteiger partial charge in [-0.2, -0.15) is 0 Å². The average Bonchev–Trinajstić information content (AvgIpc) is 2.76. The number of hydrogen-bond acceptors (Lipinski definition) is 3. The van der Waals surface area contributed by atoms with Crippen LogP contribution in [-0.4, -0.2) is 9.67 Å². The third-order valence-corrected chi connectivity index (χ3v) is 2.60. The largest absolute Gasteiger partial charge is 0.508 e. The molecule has 0 unspecified atom stereocenters. The highest BCUT2D eigenvalue weighted by Crippen LogP contribution is 2.12. The molecule has 4 heteroatoms. The van der Waals surface area contributed by atoms with Gasteiger partial charge < -0.3 is 14.1 Å². The molecule has 0 aliphatic carbocycles. The van der Waals surface area contributed by atoms with E-state index in [-0.39, 0.29) is 11.3 Å². The standard InChI is InChI=1S/C13H15NO3/c1-2-4-10-7-11(15)8-13(16)14(10)9-12-5-3-6-17-12/h3,5-8,15H,2,4,9H2,1H3. The molecule has 0 bridgehead atoms. The maximum atomic E-state index is 11.8. The van der Waals surface area contributed by atoms with Gasteiger partial charge >= 0.3 is 0 Å². The fraction of sp³-hybridized carbons (Fsp3) is 0.308. The monoisotopic (exact) mass is 233 g/mol. The lowest BCUT2D eigenvalue weighted by molar-refractivity contribution is 0.460. The molecule has 0 saturated heterocycles. The molecule has 0 radical (unpaired) electrons. The SMILES string of the molecule is CCCc1cc(O)cc(=O)n1Cc1ccco1. The summed E-state index contributed by atoms with van der Waals surface area (Å²) in [4.78, 5) is 11.8. The van der Waals surface area contributed by atoms with Crippen LogP contribution in [0, 0.1) is 0 Å². The Hall–Kier alpha value is -1.97. The summed E-state index contributed by atoms with van der Waals surface area (Å²) in [5.41, 5.74) is 0.624. The van der Waals surface area contributed by atoms with E-state index in [1.807, 2.05) is 13.0 Å². The van der Waals surface area contributed by atoms with Gasteiger partial charge in [0.05, 0.1) is 12.8 Å². The summed E-state index contributed by atoms with van der Waals surface area (Å²) < 4.78 is 6.86. The number of pyridine rings is 1. The molecule has 17 heavy (non-hydrogen) atoms. The Labute approximate surface area is 99.1 Å². The van der Waals surface area contributed by atoms with E-state index in [1.165, 1.54) is 6.07 Å².